The second-order valence-corrected chi connectivity index (χ2v) is 6.93. The van der Waals surface area contributed by atoms with Gasteiger partial charge in [0.25, 0.3) is 0 Å². The number of aliphatic carboxylic acids is 1. The number of hydrogen-bond donors (Lipinski definition) is 1. The highest BCUT2D eigenvalue weighted by Gasteiger charge is 2.34. The highest BCUT2D eigenvalue weighted by Crippen LogP contribution is 2.28. The van der Waals surface area contributed by atoms with E-state index in [4.69, 9.17) is 5.11 Å². The van der Waals surface area contributed by atoms with Gasteiger partial charge in [-0.05, 0) is 37.0 Å². The highest BCUT2D eigenvalue weighted by atomic mass is 32.2. The number of aryl methyl sites for hydroxylation is 1. The minimum Gasteiger partial charge on any atom is -0.481 e. The van der Waals surface area contributed by atoms with E-state index >= 15 is 0 Å². The Hall–Kier alpha value is -1.47. The van der Waals surface area contributed by atoms with Crippen molar-refractivity contribution in [1.29, 1.82) is 0 Å². The summed E-state index contributed by atoms with van der Waals surface area (Å²) in [7, 11) is -3.76. The molecule has 1 aliphatic heterocycles. The Kier molecular flexibility index (Phi) is 4.10. The minimum absolute atomic E-state index is 0.0475. The van der Waals surface area contributed by atoms with Crippen LogP contribution in [-0.4, -0.2) is 36.9 Å². The Labute approximate surface area is 117 Å². The SMILES string of the molecule is Cc1ccc(F)cc1S(=O)(=O)N1CCC(CC(=O)O)C1. The fourth-order valence-corrected chi connectivity index (χ4v) is 4.19. The molecule has 5 nitrogen and oxygen atoms in total. The van der Waals surface area contributed by atoms with Crippen molar-refractivity contribution in [2.45, 2.75) is 24.7 Å². The molecule has 0 spiro atoms. The predicted molar refractivity (Wildman–Crippen MR) is 70.3 cm³/mol. The van der Waals surface area contributed by atoms with Gasteiger partial charge < -0.3 is 5.11 Å². The van der Waals surface area contributed by atoms with E-state index in [-0.39, 0.29) is 30.3 Å². The molecular weight excluding hydrogens is 285 g/mol. The number of sulfonamides is 1. The molecule has 0 aliphatic carbocycles. The van der Waals surface area contributed by atoms with E-state index in [2.05, 4.69) is 0 Å². The summed E-state index contributed by atoms with van der Waals surface area (Å²) in [5, 5.41) is 8.74. The predicted octanol–water partition coefficient (Wildman–Crippen LogP) is 1.62. The summed E-state index contributed by atoms with van der Waals surface area (Å²) in [5.74, 6) is -1.72. The summed E-state index contributed by atoms with van der Waals surface area (Å²) >= 11 is 0. The van der Waals surface area contributed by atoms with Gasteiger partial charge in [0.1, 0.15) is 5.82 Å². The van der Waals surface area contributed by atoms with E-state index in [1.807, 2.05) is 0 Å². The smallest absolute Gasteiger partial charge is 0.303 e. The first-order chi connectivity index (χ1) is 9.30. The molecule has 0 radical (unpaired) electrons. The molecule has 1 unspecified atom stereocenters. The second-order valence-electron chi connectivity index (χ2n) is 5.03. The Morgan fingerprint density at radius 2 is 2.20 bits per heavy atom. The maximum Gasteiger partial charge on any atom is 0.303 e. The average molecular weight is 301 g/mol. The third kappa shape index (κ3) is 2.99. The molecule has 1 N–H and O–H groups in total. The summed E-state index contributed by atoms with van der Waals surface area (Å²) in [4.78, 5) is 10.6. The van der Waals surface area contributed by atoms with Crippen molar-refractivity contribution in [3.63, 3.8) is 0 Å². The van der Waals surface area contributed by atoms with Gasteiger partial charge in [0.2, 0.25) is 10.0 Å². The number of nitrogens with zero attached hydrogens (tertiary/aromatic N) is 1. The molecule has 0 bridgehead atoms. The molecule has 1 saturated heterocycles. The molecule has 0 aromatic heterocycles. The van der Waals surface area contributed by atoms with Crippen LogP contribution in [0.15, 0.2) is 23.1 Å². The molecule has 1 aliphatic rings. The number of carboxylic acid groups (broad SMARTS) is 1. The Balaban J connectivity index is 2.24. The fraction of sp³-hybridized carbons (Fsp3) is 0.462. The van der Waals surface area contributed by atoms with Gasteiger partial charge in [0.05, 0.1) is 4.90 Å². The van der Waals surface area contributed by atoms with E-state index in [0.717, 1.165) is 6.07 Å². The molecule has 1 fully saturated rings. The van der Waals surface area contributed by atoms with Crippen LogP contribution in [0.3, 0.4) is 0 Å². The Morgan fingerprint density at radius 3 is 2.85 bits per heavy atom. The van der Waals surface area contributed by atoms with Crippen LogP contribution in [0.25, 0.3) is 0 Å². The van der Waals surface area contributed by atoms with Crippen molar-refractivity contribution in [2.24, 2.45) is 5.92 Å². The van der Waals surface area contributed by atoms with Crippen molar-refractivity contribution in [3.05, 3.63) is 29.6 Å². The first kappa shape index (κ1) is 14.9. The van der Waals surface area contributed by atoms with Gasteiger partial charge in [-0.15, -0.1) is 0 Å². The number of hydrogen-bond acceptors (Lipinski definition) is 3. The van der Waals surface area contributed by atoms with Crippen LogP contribution in [0, 0.1) is 18.7 Å². The largest absolute Gasteiger partial charge is 0.481 e. The molecule has 2 rings (SSSR count). The fourth-order valence-electron chi connectivity index (χ4n) is 2.42. The van der Waals surface area contributed by atoms with Crippen molar-refractivity contribution >= 4 is 16.0 Å². The van der Waals surface area contributed by atoms with E-state index < -0.39 is 21.8 Å². The molecule has 1 aromatic rings. The van der Waals surface area contributed by atoms with E-state index in [1.165, 1.54) is 16.4 Å². The van der Waals surface area contributed by atoms with Crippen LogP contribution in [0.2, 0.25) is 0 Å². The zero-order valence-electron chi connectivity index (χ0n) is 11.0. The maximum atomic E-state index is 13.3. The molecule has 0 amide bonds. The monoisotopic (exact) mass is 301 g/mol. The van der Waals surface area contributed by atoms with Gasteiger partial charge in [-0.2, -0.15) is 4.31 Å². The zero-order valence-corrected chi connectivity index (χ0v) is 11.9. The van der Waals surface area contributed by atoms with Crippen molar-refractivity contribution in [3.8, 4) is 0 Å². The minimum atomic E-state index is -3.76. The Bertz CT molecular complexity index is 629. The van der Waals surface area contributed by atoms with Crippen molar-refractivity contribution in [2.75, 3.05) is 13.1 Å². The number of carbonyl (C=O) groups is 1. The van der Waals surface area contributed by atoms with E-state index in [9.17, 15) is 17.6 Å². The average Bonchev–Trinajstić information content (AvgIpc) is 2.80. The van der Waals surface area contributed by atoms with Gasteiger partial charge in [0, 0.05) is 19.5 Å². The lowest BCUT2D eigenvalue weighted by Gasteiger charge is -2.17. The van der Waals surface area contributed by atoms with Crippen molar-refractivity contribution in [1.82, 2.24) is 4.31 Å². The van der Waals surface area contributed by atoms with Crippen molar-refractivity contribution < 1.29 is 22.7 Å². The van der Waals surface area contributed by atoms with E-state index in [0.29, 0.717) is 12.0 Å². The normalized spacial score (nSPS) is 20.2. The lowest BCUT2D eigenvalue weighted by molar-refractivity contribution is -0.137. The second kappa shape index (κ2) is 5.49. The number of benzene rings is 1. The topological polar surface area (TPSA) is 74.7 Å². The first-order valence-corrected chi connectivity index (χ1v) is 7.73. The van der Waals surface area contributed by atoms with Crippen LogP contribution < -0.4 is 0 Å². The van der Waals surface area contributed by atoms with Crippen LogP contribution >= 0.6 is 0 Å². The van der Waals surface area contributed by atoms with Gasteiger partial charge in [0.15, 0.2) is 0 Å². The number of halogens is 1. The molecule has 20 heavy (non-hydrogen) atoms. The highest BCUT2D eigenvalue weighted by molar-refractivity contribution is 7.89. The van der Waals surface area contributed by atoms with Crippen LogP contribution in [0.4, 0.5) is 4.39 Å². The molecule has 0 saturated carbocycles. The van der Waals surface area contributed by atoms with Crippen LogP contribution in [-0.2, 0) is 14.8 Å². The third-order valence-corrected chi connectivity index (χ3v) is 5.49. The van der Waals surface area contributed by atoms with Gasteiger partial charge >= 0.3 is 5.97 Å². The molecule has 1 heterocycles. The quantitative estimate of drug-likeness (QED) is 0.917. The zero-order chi connectivity index (χ0) is 14.9. The van der Waals surface area contributed by atoms with Gasteiger partial charge in [-0.25, -0.2) is 12.8 Å². The number of rotatable bonds is 4. The Morgan fingerprint density at radius 1 is 1.50 bits per heavy atom. The number of carboxylic acids is 1. The van der Waals surface area contributed by atoms with Gasteiger partial charge in [-0.3, -0.25) is 4.79 Å². The molecule has 110 valence electrons. The van der Waals surface area contributed by atoms with Gasteiger partial charge in [-0.1, -0.05) is 6.07 Å². The van der Waals surface area contributed by atoms with Crippen LogP contribution in [0.1, 0.15) is 18.4 Å². The lowest BCUT2D eigenvalue weighted by Crippen LogP contribution is -2.29. The summed E-state index contributed by atoms with van der Waals surface area (Å²) < 4.78 is 39.4. The van der Waals surface area contributed by atoms with E-state index in [1.54, 1.807) is 6.92 Å². The maximum absolute atomic E-state index is 13.3. The third-order valence-electron chi connectivity index (χ3n) is 3.48. The lowest BCUT2D eigenvalue weighted by atomic mass is 10.1. The summed E-state index contributed by atoms with van der Waals surface area (Å²) in [6.45, 7) is 2.05. The molecule has 1 aromatic carbocycles. The first-order valence-electron chi connectivity index (χ1n) is 6.29. The molecular formula is C13H16FNO4S. The summed E-state index contributed by atoms with van der Waals surface area (Å²) in [6, 6.07) is 3.65. The van der Waals surface area contributed by atoms with Crippen LogP contribution in [0.5, 0.6) is 0 Å². The standard InChI is InChI=1S/C13H16FNO4S/c1-9-2-3-11(14)7-12(9)20(18,19)15-5-4-10(8-15)6-13(16)17/h2-3,7,10H,4-6,8H2,1H3,(H,16,17). The molecule has 7 heteroatoms. The summed E-state index contributed by atoms with van der Waals surface area (Å²) in [5.41, 5.74) is 0.480. The molecule has 1 atom stereocenters. The summed E-state index contributed by atoms with van der Waals surface area (Å²) in [6.07, 6.45) is 0.466.